The summed E-state index contributed by atoms with van der Waals surface area (Å²) < 4.78 is 5.77. The van der Waals surface area contributed by atoms with Crippen molar-refractivity contribution in [1.82, 2.24) is 10.2 Å². The third-order valence-electron chi connectivity index (χ3n) is 3.40. The zero-order valence-electron chi connectivity index (χ0n) is 9.24. The normalized spacial score (nSPS) is 31.1. The molecule has 0 aromatic rings. The van der Waals surface area contributed by atoms with Crippen molar-refractivity contribution in [3.8, 4) is 12.3 Å². The van der Waals surface area contributed by atoms with Gasteiger partial charge in [0, 0.05) is 25.7 Å². The fourth-order valence-electron chi connectivity index (χ4n) is 2.67. The van der Waals surface area contributed by atoms with Crippen molar-refractivity contribution in [2.75, 3.05) is 32.8 Å². The molecule has 1 saturated heterocycles. The summed E-state index contributed by atoms with van der Waals surface area (Å²) in [4.78, 5) is 2.56. The Labute approximate surface area is 92.2 Å². The SMILES string of the molecule is C#CCNCCN1CCOC2CCCC21. The molecule has 1 saturated carbocycles. The van der Waals surface area contributed by atoms with Gasteiger partial charge in [0.05, 0.1) is 19.3 Å². The maximum absolute atomic E-state index is 5.77. The Bertz CT molecular complexity index is 236. The van der Waals surface area contributed by atoms with Gasteiger partial charge < -0.3 is 10.1 Å². The lowest BCUT2D eigenvalue weighted by Gasteiger charge is -2.37. The van der Waals surface area contributed by atoms with E-state index < -0.39 is 0 Å². The first-order valence-corrected chi connectivity index (χ1v) is 5.91. The van der Waals surface area contributed by atoms with Gasteiger partial charge >= 0.3 is 0 Å². The lowest BCUT2D eigenvalue weighted by atomic mass is 10.1. The minimum atomic E-state index is 0.506. The van der Waals surface area contributed by atoms with Gasteiger partial charge in [0.1, 0.15) is 0 Å². The van der Waals surface area contributed by atoms with Crippen molar-refractivity contribution < 1.29 is 4.74 Å². The lowest BCUT2D eigenvalue weighted by molar-refractivity contribution is -0.0547. The minimum Gasteiger partial charge on any atom is -0.375 e. The summed E-state index contributed by atoms with van der Waals surface area (Å²) in [5, 5.41) is 3.24. The van der Waals surface area contributed by atoms with Crippen LogP contribution in [0.25, 0.3) is 0 Å². The summed E-state index contributed by atoms with van der Waals surface area (Å²) in [5.41, 5.74) is 0. The lowest BCUT2D eigenvalue weighted by Crippen LogP contribution is -2.50. The highest BCUT2D eigenvalue weighted by Gasteiger charge is 2.35. The van der Waals surface area contributed by atoms with Crippen LogP contribution in [0.1, 0.15) is 19.3 Å². The average molecular weight is 208 g/mol. The number of hydrogen-bond acceptors (Lipinski definition) is 3. The molecular formula is C12H20N2O. The first-order chi connectivity index (χ1) is 7.42. The molecule has 0 aromatic heterocycles. The molecule has 2 fully saturated rings. The second-order valence-corrected chi connectivity index (χ2v) is 4.32. The monoisotopic (exact) mass is 208 g/mol. The Morgan fingerprint density at radius 2 is 2.40 bits per heavy atom. The quantitative estimate of drug-likeness (QED) is 0.537. The molecule has 84 valence electrons. The Kier molecular flexibility index (Phi) is 4.01. The summed E-state index contributed by atoms with van der Waals surface area (Å²) >= 11 is 0. The first kappa shape index (κ1) is 10.9. The van der Waals surface area contributed by atoms with Crippen LogP contribution >= 0.6 is 0 Å². The first-order valence-electron chi connectivity index (χ1n) is 5.91. The van der Waals surface area contributed by atoms with Gasteiger partial charge in [-0.2, -0.15) is 0 Å². The van der Waals surface area contributed by atoms with Crippen LogP contribution in [0, 0.1) is 12.3 Å². The molecule has 15 heavy (non-hydrogen) atoms. The summed E-state index contributed by atoms with van der Waals surface area (Å²) in [6, 6.07) is 0.673. The van der Waals surface area contributed by atoms with Crippen molar-refractivity contribution in [1.29, 1.82) is 0 Å². The third-order valence-corrected chi connectivity index (χ3v) is 3.40. The Morgan fingerprint density at radius 3 is 3.27 bits per heavy atom. The summed E-state index contributed by atoms with van der Waals surface area (Å²) in [6.07, 6.45) is 9.57. The maximum Gasteiger partial charge on any atom is 0.0730 e. The van der Waals surface area contributed by atoms with E-state index in [1.807, 2.05) is 0 Å². The van der Waals surface area contributed by atoms with Crippen LogP contribution in [0.5, 0.6) is 0 Å². The van der Waals surface area contributed by atoms with Crippen molar-refractivity contribution >= 4 is 0 Å². The largest absolute Gasteiger partial charge is 0.375 e. The van der Waals surface area contributed by atoms with E-state index in [0.717, 1.165) is 26.2 Å². The topological polar surface area (TPSA) is 24.5 Å². The number of rotatable bonds is 4. The molecule has 1 N–H and O–H groups in total. The van der Waals surface area contributed by atoms with Crippen molar-refractivity contribution in [2.45, 2.75) is 31.4 Å². The number of morpholine rings is 1. The van der Waals surface area contributed by atoms with E-state index in [9.17, 15) is 0 Å². The highest BCUT2D eigenvalue weighted by atomic mass is 16.5. The number of nitrogens with one attached hydrogen (secondary N) is 1. The summed E-state index contributed by atoms with van der Waals surface area (Å²) in [7, 11) is 0. The predicted molar refractivity (Wildman–Crippen MR) is 60.7 cm³/mol. The second-order valence-electron chi connectivity index (χ2n) is 4.32. The van der Waals surface area contributed by atoms with Gasteiger partial charge in [-0.05, 0) is 19.3 Å². The van der Waals surface area contributed by atoms with Gasteiger partial charge in [-0.25, -0.2) is 0 Å². The summed E-state index contributed by atoms with van der Waals surface area (Å²) in [5.74, 6) is 2.60. The van der Waals surface area contributed by atoms with E-state index in [1.54, 1.807) is 0 Å². The predicted octanol–water partition coefficient (Wildman–Crippen LogP) is 0.463. The number of hydrogen-bond donors (Lipinski definition) is 1. The van der Waals surface area contributed by atoms with Crippen molar-refractivity contribution in [3.63, 3.8) is 0 Å². The van der Waals surface area contributed by atoms with E-state index in [0.29, 0.717) is 18.7 Å². The van der Waals surface area contributed by atoms with E-state index in [4.69, 9.17) is 11.2 Å². The van der Waals surface area contributed by atoms with Gasteiger partial charge in [-0.15, -0.1) is 6.42 Å². The molecule has 1 aliphatic carbocycles. The average Bonchev–Trinajstić information content (AvgIpc) is 2.73. The Morgan fingerprint density at radius 1 is 1.47 bits per heavy atom. The fourth-order valence-corrected chi connectivity index (χ4v) is 2.67. The molecule has 2 unspecified atom stereocenters. The molecule has 2 rings (SSSR count). The van der Waals surface area contributed by atoms with E-state index in [-0.39, 0.29) is 0 Å². The second kappa shape index (κ2) is 5.50. The Hall–Kier alpha value is -0.560. The molecule has 2 aliphatic rings. The molecule has 0 spiro atoms. The number of nitrogens with zero attached hydrogens (tertiary/aromatic N) is 1. The smallest absolute Gasteiger partial charge is 0.0730 e. The van der Waals surface area contributed by atoms with E-state index in [1.165, 1.54) is 19.3 Å². The van der Waals surface area contributed by atoms with Crippen LogP contribution in [-0.4, -0.2) is 49.8 Å². The van der Waals surface area contributed by atoms with Crippen LogP contribution < -0.4 is 5.32 Å². The van der Waals surface area contributed by atoms with Gasteiger partial charge in [0.15, 0.2) is 0 Å². The zero-order valence-corrected chi connectivity index (χ0v) is 9.24. The fraction of sp³-hybridized carbons (Fsp3) is 0.833. The van der Waals surface area contributed by atoms with Crippen LogP contribution in [0.3, 0.4) is 0 Å². The summed E-state index contributed by atoms with van der Waals surface area (Å²) in [6.45, 7) is 4.76. The molecular weight excluding hydrogens is 188 g/mol. The molecule has 2 atom stereocenters. The Balaban J connectivity index is 1.73. The highest BCUT2D eigenvalue weighted by molar-refractivity contribution is 4.90. The van der Waals surface area contributed by atoms with Crippen molar-refractivity contribution in [3.05, 3.63) is 0 Å². The van der Waals surface area contributed by atoms with E-state index in [2.05, 4.69) is 16.1 Å². The van der Waals surface area contributed by atoms with Crippen LogP contribution in [0.4, 0.5) is 0 Å². The van der Waals surface area contributed by atoms with Crippen LogP contribution in [0.15, 0.2) is 0 Å². The molecule has 3 nitrogen and oxygen atoms in total. The van der Waals surface area contributed by atoms with Gasteiger partial charge in [-0.1, -0.05) is 5.92 Å². The third kappa shape index (κ3) is 2.72. The molecule has 0 bridgehead atoms. The zero-order chi connectivity index (χ0) is 10.5. The molecule has 1 aliphatic heterocycles. The molecule has 0 aromatic carbocycles. The minimum absolute atomic E-state index is 0.506. The van der Waals surface area contributed by atoms with Gasteiger partial charge in [-0.3, -0.25) is 4.90 Å². The van der Waals surface area contributed by atoms with Crippen LogP contribution in [0.2, 0.25) is 0 Å². The van der Waals surface area contributed by atoms with Crippen LogP contribution in [-0.2, 0) is 4.74 Å². The standard InChI is InChI=1S/C12H20N2O/c1-2-6-13-7-8-14-9-10-15-12-5-3-4-11(12)14/h1,11-13H,3-10H2. The van der Waals surface area contributed by atoms with E-state index >= 15 is 0 Å². The van der Waals surface area contributed by atoms with Gasteiger partial charge in [0.2, 0.25) is 0 Å². The molecule has 0 amide bonds. The molecule has 0 radical (unpaired) electrons. The number of fused-ring (bicyclic) bond motifs is 1. The molecule has 3 heteroatoms. The number of ether oxygens (including phenoxy) is 1. The van der Waals surface area contributed by atoms with Crippen molar-refractivity contribution in [2.24, 2.45) is 0 Å². The number of terminal acetylenes is 1. The highest BCUT2D eigenvalue weighted by Crippen LogP contribution is 2.29. The maximum atomic E-state index is 5.77. The van der Waals surface area contributed by atoms with Gasteiger partial charge in [0.25, 0.3) is 0 Å². The molecule has 1 heterocycles.